The van der Waals surface area contributed by atoms with Crippen LogP contribution in [0.5, 0.6) is 0 Å². The maximum atomic E-state index is 10.5. The SMILES string of the molecule is O=[N+]([O-])c1ccc(CN2Cc3ccccc3C2)o1. The van der Waals surface area contributed by atoms with E-state index >= 15 is 0 Å². The van der Waals surface area contributed by atoms with Gasteiger partial charge in [0.05, 0.1) is 12.6 Å². The Morgan fingerprint density at radius 3 is 2.39 bits per heavy atom. The minimum Gasteiger partial charge on any atom is -0.404 e. The fraction of sp³-hybridized carbons (Fsp3) is 0.231. The lowest BCUT2D eigenvalue weighted by Crippen LogP contribution is -2.15. The molecule has 3 rings (SSSR count). The molecular formula is C13H12N2O3. The van der Waals surface area contributed by atoms with E-state index in [0.717, 1.165) is 13.1 Å². The van der Waals surface area contributed by atoms with Crippen molar-refractivity contribution in [3.05, 3.63) is 63.4 Å². The normalized spacial score (nSPS) is 14.7. The van der Waals surface area contributed by atoms with Crippen LogP contribution in [0.25, 0.3) is 0 Å². The van der Waals surface area contributed by atoms with Crippen molar-refractivity contribution in [2.24, 2.45) is 0 Å². The van der Waals surface area contributed by atoms with Crippen molar-refractivity contribution in [3.63, 3.8) is 0 Å². The maximum absolute atomic E-state index is 10.5. The zero-order valence-electron chi connectivity index (χ0n) is 9.70. The first-order valence-corrected chi connectivity index (χ1v) is 5.74. The number of rotatable bonds is 3. The van der Waals surface area contributed by atoms with Crippen LogP contribution < -0.4 is 0 Å². The third-order valence-corrected chi connectivity index (χ3v) is 3.11. The number of furan rings is 1. The summed E-state index contributed by atoms with van der Waals surface area (Å²) in [7, 11) is 0. The summed E-state index contributed by atoms with van der Waals surface area (Å²) < 4.78 is 5.17. The van der Waals surface area contributed by atoms with E-state index in [1.807, 2.05) is 12.1 Å². The molecule has 0 saturated heterocycles. The summed E-state index contributed by atoms with van der Waals surface area (Å²) in [5, 5.41) is 10.5. The van der Waals surface area contributed by atoms with Crippen LogP contribution >= 0.6 is 0 Å². The lowest BCUT2D eigenvalue weighted by Gasteiger charge is -2.11. The van der Waals surface area contributed by atoms with Crippen molar-refractivity contribution >= 4 is 5.88 Å². The number of benzene rings is 1. The molecule has 5 heteroatoms. The van der Waals surface area contributed by atoms with E-state index < -0.39 is 4.92 Å². The van der Waals surface area contributed by atoms with Crippen molar-refractivity contribution in [1.29, 1.82) is 0 Å². The molecule has 18 heavy (non-hydrogen) atoms. The lowest BCUT2D eigenvalue weighted by molar-refractivity contribution is -0.402. The smallest absolute Gasteiger partial charge is 0.404 e. The molecule has 1 aliphatic rings. The Hall–Kier alpha value is -2.14. The van der Waals surface area contributed by atoms with E-state index in [2.05, 4.69) is 17.0 Å². The monoisotopic (exact) mass is 244 g/mol. The molecule has 0 bridgehead atoms. The summed E-state index contributed by atoms with van der Waals surface area (Å²) in [6, 6.07) is 11.3. The second-order valence-electron chi connectivity index (χ2n) is 4.41. The summed E-state index contributed by atoms with van der Waals surface area (Å²) in [6.45, 7) is 2.33. The summed E-state index contributed by atoms with van der Waals surface area (Å²) >= 11 is 0. The molecule has 1 aliphatic heterocycles. The van der Waals surface area contributed by atoms with Crippen LogP contribution in [0.4, 0.5) is 5.88 Å². The molecule has 92 valence electrons. The highest BCUT2D eigenvalue weighted by molar-refractivity contribution is 5.30. The molecule has 0 saturated carbocycles. The molecule has 0 unspecified atom stereocenters. The summed E-state index contributed by atoms with van der Waals surface area (Å²) in [6.07, 6.45) is 0. The van der Waals surface area contributed by atoms with Crippen LogP contribution in [0.15, 0.2) is 40.8 Å². The number of fused-ring (bicyclic) bond motifs is 1. The number of hydrogen-bond donors (Lipinski definition) is 0. The second kappa shape index (κ2) is 4.27. The quantitative estimate of drug-likeness (QED) is 0.615. The van der Waals surface area contributed by atoms with E-state index in [9.17, 15) is 10.1 Å². The van der Waals surface area contributed by atoms with Crippen LogP contribution in [-0.4, -0.2) is 9.82 Å². The lowest BCUT2D eigenvalue weighted by atomic mass is 10.1. The van der Waals surface area contributed by atoms with Crippen LogP contribution in [0.3, 0.4) is 0 Å². The summed E-state index contributed by atoms with van der Waals surface area (Å²) in [5.41, 5.74) is 2.64. The van der Waals surface area contributed by atoms with Gasteiger partial charge in [0, 0.05) is 13.1 Å². The van der Waals surface area contributed by atoms with Crippen LogP contribution in [0, 0.1) is 10.1 Å². The van der Waals surface area contributed by atoms with Gasteiger partial charge in [-0.05, 0) is 17.2 Å². The topological polar surface area (TPSA) is 59.5 Å². The fourth-order valence-electron chi connectivity index (χ4n) is 2.29. The van der Waals surface area contributed by atoms with E-state index in [-0.39, 0.29) is 5.88 Å². The first-order chi connectivity index (χ1) is 8.72. The fourth-order valence-corrected chi connectivity index (χ4v) is 2.29. The summed E-state index contributed by atoms with van der Waals surface area (Å²) in [4.78, 5) is 12.2. The Morgan fingerprint density at radius 2 is 1.83 bits per heavy atom. The molecule has 0 aliphatic carbocycles. The average molecular weight is 244 g/mol. The van der Waals surface area contributed by atoms with E-state index in [1.54, 1.807) is 6.07 Å². The van der Waals surface area contributed by atoms with Gasteiger partial charge < -0.3 is 4.42 Å². The summed E-state index contributed by atoms with van der Waals surface area (Å²) in [5.74, 6) is 0.441. The third-order valence-electron chi connectivity index (χ3n) is 3.11. The molecule has 2 aromatic rings. The minimum absolute atomic E-state index is 0.193. The Labute approximate surface area is 104 Å². The molecule has 2 heterocycles. The highest BCUT2D eigenvalue weighted by Crippen LogP contribution is 2.25. The minimum atomic E-state index is -0.512. The van der Waals surface area contributed by atoms with E-state index in [4.69, 9.17) is 4.42 Å². The van der Waals surface area contributed by atoms with Gasteiger partial charge in [0.1, 0.15) is 10.7 Å². The van der Waals surface area contributed by atoms with Gasteiger partial charge in [-0.1, -0.05) is 24.3 Å². The largest absolute Gasteiger partial charge is 0.433 e. The van der Waals surface area contributed by atoms with Crippen molar-refractivity contribution in [3.8, 4) is 0 Å². The van der Waals surface area contributed by atoms with Gasteiger partial charge in [0.2, 0.25) is 0 Å². The molecule has 0 amide bonds. The Balaban J connectivity index is 1.70. The zero-order valence-corrected chi connectivity index (χ0v) is 9.70. The molecular weight excluding hydrogens is 232 g/mol. The first kappa shape index (κ1) is 11.0. The second-order valence-corrected chi connectivity index (χ2v) is 4.41. The molecule has 0 N–H and O–H groups in total. The molecule has 0 atom stereocenters. The molecule has 1 aromatic carbocycles. The van der Waals surface area contributed by atoms with Crippen molar-refractivity contribution < 1.29 is 9.34 Å². The average Bonchev–Trinajstić information content (AvgIpc) is 2.94. The highest BCUT2D eigenvalue weighted by Gasteiger charge is 2.20. The van der Waals surface area contributed by atoms with Crippen molar-refractivity contribution in [1.82, 2.24) is 4.90 Å². The van der Waals surface area contributed by atoms with Gasteiger partial charge >= 0.3 is 5.88 Å². The van der Waals surface area contributed by atoms with Gasteiger partial charge in [-0.2, -0.15) is 0 Å². The molecule has 0 fully saturated rings. The molecule has 1 aromatic heterocycles. The standard InChI is InChI=1S/C13H12N2O3/c16-15(17)13-6-5-12(18-13)9-14-7-10-3-1-2-4-11(10)8-14/h1-6H,7-9H2. The van der Waals surface area contributed by atoms with Gasteiger partial charge in [-0.3, -0.25) is 15.0 Å². The maximum Gasteiger partial charge on any atom is 0.433 e. The van der Waals surface area contributed by atoms with Crippen molar-refractivity contribution in [2.75, 3.05) is 0 Å². The van der Waals surface area contributed by atoms with Crippen LogP contribution in [-0.2, 0) is 19.6 Å². The number of hydrogen-bond acceptors (Lipinski definition) is 4. The molecule has 0 radical (unpaired) electrons. The number of nitrogens with zero attached hydrogens (tertiary/aromatic N) is 2. The Bertz CT molecular complexity index is 566. The first-order valence-electron chi connectivity index (χ1n) is 5.74. The Morgan fingerprint density at radius 1 is 1.17 bits per heavy atom. The van der Waals surface area contributed by atoms with E-state index in [1.165, 1.54) is 17.2 Å². The third kappa shape index (κ3) is 2.00. The van der Waals surface area contributed by atoms with Crippen LogP contribution in [0.2, 0.25) is 0 Å². The van der Waals surface area contributed by atoms with Gasteiger partial charge in [-0.15, -0.1) is 0 Å². The Kier molecular flexibility index (Phi) is 2.60. The van der Waals surface area contributed by atoms with Gasteiger partial charge in [0.15, 0.2) is 0 Å². The van der Waals surface area contributed by atoms with Gasteiger partial charge in [0.25, 0.3) is 0 Å². The predicted octanol–water partition coefficient (Wildman–Crippen LogP) is 2.70. The number of nitro groups is 1. The van der Waals surface area contributed by atoms with Crippen LogP contribution in [0.1, 0.15) is 16.9 Å². The van der Waals surface area contributed by atoms with Crippen molar-refractivity contribution in [2.45, 2.75) is 19.6 Å². The molecule has 0 spiro atoms. The molecule has 5 nitrogen and oxygen atoms in total. The van der Waals surface area contributed by atoms with Gasteiger partial charge in [-0.25, -0.2) is 0 Å². The predicted molar refractivity (Wildman–Crippen MR) is 64.8 cm³/mol. The highest BCUT2D eigenvalue weighted by atomic mass is 16.6. The zero-order chi connectivity index (χ0) is 12.5. The van der Waals surface area contributed by atoms with E-state index in [0.29, 0.717) is 12.3 Å².